The summed E-state index contributed by atoms with van der Waals surface area (Å²) in [6, 6.07) is 0. The van der Waals surface area contributed by atoms with Crippen LogP contribution in [-0.4, -0.2) is 12.8 Å². The molecule has 0 rings (SSSR count). The standard InChI is InChI=1S/C7H16N2/c1-3-5-7-9-8-6-4-2/h7-8H,3-6H2,1-2H3/b9-7-. The molecule has 0 aromatic carbocycles. The van der Waals surface area contributed by atoms with Crippen molar-refractivity contribution in [1.29, 1.82) is 0 Å². The van der Waals surface area contributed by atoms with Gasteiger partial charge in [0.15, 0.2) is 0 Å². The number of unbranched alkanes of at least 4 members (excludes halogenated alkanes) is 1. The molecule has 0 spiro atoms. The average molecular weight is 128 g/mol. The summed E-state index contributed by atoms with van der Waals surface area (Å²) in [4.78, 5) is 0. The molecule has 0 bridgehead atoms. The number of hydrazone groups is 1. The van der Waals surface area contributed by atoms with Gasteiger partial charge >= 0.3 is 0 Å². The highest BCUT2D eigenvalue weighted by molar-refractivity contribution is 5.56. The first-order valence-corrected chi connectivity index (χ1v) is 3.66. The van der Waals surface area contributed by atoms with E-state index in [0.29, 0.717) is 0 Å². The quantitative estimate of drug-likeness (QED) is 0.340. The molecule has 0 aromatic heterocycles. The Hall–Kier alpha value is -0.530. The smallest absolute Gasteiger partial charge is 0.0326 e. The van der Waals surface area contributed by atoms with E-state index in [2.05, 4.69) is 24.4 Å². The lowest BCUT2D eigenvalue weighted by molar-refractivity contribution is 0.716. The van der Waals surface area contributed by atoms with Crippen LogP contribution in [0.15, 0.2) is 5.10 Å². The van der Waals surface area contributed by atoms with Crippen molar-refractivity contribution in [2.24, 2.45) is 5.10 Å². The third-order valence-electron chi connectivity index (χ3n) is 0.962. The average Bonchev–Trinajstić information content (AvgIpc) is 1.89. The third-order valence-corrected chi connectivity index (χ3v) is 0.962. The molecule has 0 fully saturated rings. The summed E-state index contributed by atoms with van der Waals surface area (Å²) in [5.74, 6) is 0. The molecule has 0 aromatic rings. The van der Waals surface area contributed by atoms with Gasteiger partial charge in [0.25, 0.3) is 0 Å². The second-order valence-corrected chi connectivity index (χ2v) is 2.01. The molecule has 2 heteroatoms. The van der Waals surface area contributed by atoms with Crippen LogP contribution in [0.3, 0.4) is 0 Å². The Morgan fingerprint density at radius 2 is 2.11 bits per heavy atom. The molecule has 9 heavy (non-hydrogen) atoms. The fourth-order valence-corrected chi connectivity index (χ4v) is 0.435. The van der Waals surface area contributed by atoms with E-state index in [9.17, 15) is 0 Å². The van der Waals surface area contributed by atoms with Crippen LogP contribution in [0.5, 0.6) is 0 Å². The summed E-state index contributed by atoms with van der Waals surface area (Å²) < 4.78 is 0. The lowest BCUT2D eigenvalue weighted by Crippen LogP contribution is -2.05. The topological polar surface area (TPSA) is 24.4 Å². The van der Waals surface area contributed by atoms with Gasteiger partial charge in [-0.2, -0.15) is 5.10 Å². The van der Waals surface area contributed by atoms with Crippen molar-refractivity contribution in [3.63, 3.8) is 0 Å². The monoisotopic (exact) mass is 128 g/mol. The summed E-state index contributed by atoms with van der Waals surface area (Å²) in [7, 11) is 0. The lowest BCUT2D eigenvalue weighted by Gasteiger charge is -1.92. The number of hydrogen-bond donors (Lipinski definition) is 1. The van der Waals surface area contributed by atoms with E-state index in [0.717, 1.165) is 19.4 Å². The first-order chi connectivity index (χ1) is 4.41. The fourth-order valence-electron chi connectivity index (χ4n) is 0.435. The number of nitrogens with zero attached hydrogens (tertiary/aromatic N) is 1. The van der Waals surface area contributed by atoms with E-state index in [4.69, 9.17) is 0 Å². The second kappa shape index (κ2) is 7.47. The predicted molar refractivity (Wildman–Crippen MR) is 41.7 cm³/mol. The molecular formula is C7H16N2. The van der Waals surface area contributed by atoms with Gasteiger partial charge in [0, 0.05) is 12.8 Å². The summed E-state index contributed by atoms with van der Waals surface area (Å²) >= 11 is 0. The molecule has 54 valence electrons. The van der Waals surface area contributed by atoms with Crippen LogP contribution in [0.1, 0.15) is 33.1 Å². The van der Waals surface area contributed by atoms with Crippen molar-refractivity contribution in [2.45, 2.75) is 33.1 Å². The van der Waals surface area contributed by atoms with Gasteiger partial charge in [-0.15, -0.1) is 0 Å². The number of rotatable bonds is 5. The zero-order chi connectivity index (χ0) is 6.95. The van der Waals surface area contributed by atoms with Crippen molar-refractivity contribution in [3.8, 4) is 0 Å². The molecule has 0 saturated heterocycles. The molecular weight excluding hydrogens is 112 g/mol. The van der Waals surface area contributed by atoms with E-state index in [1.54, 1.807) is 0 Å². The van der Waals surface area contributed by atoms with Crippen molar-refractivity contribution in [3.05, 3.63) is 0 Å². The maximum absolute atomic E-state index is 3.98. The summed E-state index contributed by atoms with van der Waals surface area (Å²) in [6.07, 6.45) is 5.33. The minimum atomic E-state index is 0.986. The molecule has 0 radical (unpaired) electrons. The molecule has 2 nitrogen and oxygen atoms in total. The second-order valence-electron chi connectivity index (χ2n) is 2.01. The Morgan fingerprint density at radius 1 is 1.33 bits per heavy atom. The van der Waals surface area contributed by atoms with E-state index in [1.807, 2.05) is 6.21 Å². The molecule has 0 aliphatic carbocycles. The van der Waals surface area contributed by atoms with Crippen LogP contribution >= 0.6 is 0 Å². The van der Waals surface area contributed by atoms with Gasteiger partial charge in [0.1, 0.15) is 0 Å². The van der Waals surface area contributed by atoms with Crippen molar-refractivity contribution in [2.75, 3.05) is 6.54 Å². The third kappa shape index (κ3) is 7.47. The summed E-state index contributed by atoms with van der Waals surface area (Å²) in [5, 5.41) is 3.98. The molecule has 0 unspecified atom stereocenters. The highest BCUT2D eigenvalue weighted by Crippen LogP contribution is 1.78. The van der Waals surface area contributed by atoms with Gasteiger partial charge in [-0.1, -0.05) is 20.3 Å². The molecule has 1 N–H and O–H groups in total. The Morgan fingerprint density at radius 3 is 2.67 bits per heavy atom. The van der Waals surface area contributed by atoms with Gasteiger partial charge < -0.3 is 5.43 Å². The normalized spacial score (nSPS) is 10.4. The van der Waals surface area contributed by atoms with E-state index < -0.39 is 0 Å². The highest BCUT2D eigenvalue weighted by atomic mass is 15.3. The minimum absolute atomic E-state index is 0.986. The van der Waals surface area contributed by atoms with E-state index in [-0.39, 0.29) is 0 Å². The fraction of sp³-hybridized carbons (Fsp3) is 0.857. The molecule has 0 heterocycles. The van der Waals surface area contributed by atoms with Gasteiger partial charge in [-0.05, 0) is 12.8 Å². The Bertz CT molecular complexity index is 69.3. The highest BCUT2D eigenvalue weighted by Gasteiger charge is 1.73. The summed E-state index contributed by atoms with van der Waals surface area (Å²) in [6.45, 7) is 5.26. The predicted octanol–water partition coefficient (Wildman–Crippen LogP) is 1.77. The van der Waals surface area contributed by atoms with Gasteiger partial charge in [0.05, 0.1) is 0 Å². The largest absolute Gasteiger partial charge is 0.310 e. The van der Waals surface area contributed by atoms with E-state index >= 15 is 0 Å². The van der Waals surface area contributed by atoms with Crippen LogP contribution in [0.4, 0.5) is 0 Å². The van der Waals surface area contributed by atoms with Crippen LogP contribution in [-0.2, 0) is 0 Å². The van der Waals surface area contributed by atoms with Crippen LogP contribution in [0.25, 0.3) is 0 Å². The van der Waals surface area contributed by atoms with Crippen LogP contribution in [0, 0.1) is 0 Å². The number of hydrogen-bond acceptors (Lipinski definition) is 2. The summed E-state index contributed by atoms with van der Waals surface area (Å²) in [5.41, 5.74) is 2.94. The Kier molecular flexibility index (Phi) is 7.03. The maximum atomic E-state index is 3.98. The zero-order valence-electron chi connectivity index (χ0n) is 6.35. The Labute approximate surface area is 57.3 Å². The Balaban J connectivity index is 2.86. The molecule has 0 saturated carbocycles. The molecule has 0 amide bonds. The molecule has 0 aliphatic heterocycles. The van der Waals surface area contributed by atoms with E-state index in [1.165, 1.54) is 6.42 Å². The zero-order valence-corrected chi connectivity index (χ0v) is 6.35. The van der Waals surface area contributed by atoms with Crippen molar-refractivity contribution >= 4 is 6.21 Å². The van der Waals surface area contributed by atoms with Gasteiger partial charge in [-0.3, -0.25) is 0 Å². The first kappa shape index (κ1) is 8.47. The van der Waals surface area contributed by atoms with Crippen LogP contribution < -0.4 is 5.43 Å². The lowest BCUT2D eigenvalue weighted by atomic mass is 10.4. The molecule has 0 atom stereocenters. The van der Waals surface area contributed by atoms with Gasteiger partial charge in [0.2, 0.25) is 0 Å². The minimum Gasteiger partial charge on any atom is -0.310 e. The first-order valence-electron chi connectivity index (χ1n) is 3.66. The van der Waals surface area contributed by atoms with Crippen LogP contribution in [0.2, 0.25) is 0 Å². The maximum Gasteiger partial charge on any atom is 0.0326 e. The SMILES string of the molecule is CCC/C=N\NCCC. The van der Waals surface area contributed by atoms with Gasteiger partial charge in [-0.25, -0.2) is 0 Å². The van der Waals surface area contributed by atoms with Crippen molar-refractivity contribution < 1.29 is 0 Å². The molecule has 0 aliphatic rings. The number of nitrogens with one attached hydrogen (secondary N) is 1. The van der Waals surface area contributed by atoms with Crippen molar-refractivity contribution in [1.82, 2.24) is 5.43 Å².